The van der Waals surface area contributed by atoms with Crippen LogP contribution < -0.4 is 5.32 Å². The highest BCUT2D eigenvalue weighted by atomic mass is 19.1. The van der Waals surface area contributed by atoms with Crippen LogP contribution in [0.2, 0.25) is 0 Å². The molecule has 19 heavy (non-hydrogen) atoms. The van der Waals surface area contributed by atoms with Crippen LogP contribution in [-0.2, 0) is 6.42 Å². The standard InChI is InChI=1S/C15H18FN3/c1-4-17-15-18-10(2)14(11(3)19-15)9-12-5-7-13(16)8-6-12/h5-8H,4,9H2,1-3H3,(H,17,18,19). The number of rotatable bonds is 4. The Morgan fingerprint density at radius 3 is 2.16 bits per heavy atom. The maximum Gasteiger partial charge on any atom is 0.223 e. The highest BCUT2D eigenvalue weighted by molar-refractivity contribution is 5.37. The highest BCUT2D eigenvalue weighted by Gasteiger charge is 2.09. The highest BCUT2D eigenvalue weighted by Crippen LogP contribution is 2.17. The van der Waals surface area contributed by atoms with Gasteiger partial charge in [0.2, 0.25) is 5.95 Å². The molecule has 2 rings (SSSR count). The van der Waals surface area contributed by atoms with Crippen LogP contribution in [0, 0.1) is 19.7 Å². The molecule has 1 N–H and O–H groups in total. The van der Waals surface area contributed by atoms with Gasteiger partial charge < -0.3 is 5.32 Å². The van der Waals surface area contributed by atoms with E-state index in [2.05, 4.69) is 15.3 Å². The second kappa shape index (κ2) is 5.78. The van der Waals surface area contributed by atoms with Gasteiger partial charge in [0.05, 0.1) is 0 Å². The molecular formula is C15H18FN3. The summed E-state index contributed by atoms with van der Waals surface area (Å²) in [5.74, 6) is 0.455. The zero-order valence-corrected chi connectivity index (χ0v) is 11.5. The number of nitrogens with one attached hydrogen (secondary N) is 1. The first-order chi connectivity index (χ1) is 9.10. The molecule has 0 atom stereocenters. The monoisotopic (exact) mass is 259 g/mol. The van der Waals surface area contributed by atoms with Crippen LogP contribution in [0.15, 0.2) is 24.3 Å². The fourth-order valence-electron chi connectivity index (χ4n) is 2.04. The molecule has 1 aromatic carbocycles. The lowest BCUT2D eigenvalue weighted by atomic mass is 10.0. The van der Waals surface area contributed by atoms with Gasteiger partial charge >= 0.3 is 0 Å². The van der Waals surface area contributed by atoms with Crippen molar-refractivity contribution < 1.29 is 4.39 Å². The normalized spacial score (nSPS) is 10.5. The minimum atomic E-state index is -0.212. The SMILES string of the molecule is CCNc1nc(C)c(Cc2ccc(F)cc2)c(C)n1. The smallest absolute Gasteiger partial charge is 0.223 e. The Hall–Kier alpha value is -1.97. The lowest BCUT2D eigenvalue weighted by Crippen LogP contribution is -2.08. The van der Waals surface area contributed by atoms with Gasteiger partial charge in [-0.3, -0.25) is 0 Å². The molecule has 0 saturated carbocycles. The van der Waals surface area contributed by atoms with Crippen molar-refractivity contribution in [2.75, 3.05) is 11.9 Å². The van der Waals surface area contributed by atoms with E-state index in [1.165, 1.54) is 12.1 Å². The van der Waals surface area contributed by atoms with Crippen molar-refractivity contribution in [3.05, 3.63) is 52.6 Å². The molecule has 0 amide bonds. The van der Waals surface area contributed by atoms with E-state index < -0.39 is 0 Å². The first kappa shape index (κ1) is 13.5. The Morgan fingerprint density at radius 2 is 1.63 bits per heavy atom. The number of nitrogens with zero attached hydrogens (tertiary/aromatic N) is 2. The van der Waals surface area contributed by atoms with Crippen LogP contribution in [0.3, 0.4) is 0 Å². The summed E-state index contributed by atoms with van der Waals surface area (Å²) < 4.78 is 12.9. The maximum atomic E-state index is 12.9. The average Bonchev–Trinajstić information content (AvgIpc) is 2.36. The van der Waals surface area contributed by atoms with E-state index in [9.17, 15) is 4.39 Å². The van der Waals surface area contributed by atoms with Crippen molar-refractivity contribution >= 4 is 5.95 Å². The van der Waals surface area contributed by atoms with Crippen molar-refractivity contribution in [1.82, 2.24) is 9.97 Å². The van der Waals surface area contributed by atoms with Gasteiger partial charge in [-0.05, 0) is 44.0 Å². The van der Waals surface area contributed by atoms with Crippen molar-refractivity contribution in [2.24, 2.45) is 0 Å². The summed E-state index contributed by atoms with van der Waals surface area (Å²) in [6, 6.07) is 6.56. The van der Waals surface area contributed by atoms with E-state index in [-0.39, 0.29) is 5.82 Å². The quantitative estimate of drug-likeness (QED) is 0.915. The molecule has 0 radical (unpaired) electrons. The number of aromatic nitrogens is 2. The van der Waals surface area contributed by atoms with Gasteiger partial charge in [0, 0.05) is 24.4 Å². The van der Waals surface area contributed by atoms with Crippen LogP contribution in [0.1, 0.15) is 29.4 Å². The van der Waals surface area contributed by atoms with Crippen LogP contribution >= 0.6 is 0 Å². The number of hydrogen-bond acceptors (Lipinski definition) is 3. The molecule has 2 aromatic rings. The fourth-order valence-corrected chi connectivity index (χ4v) is 2.04. The molecule has 3 nitrogen and oxygen atoms in total. The molecule has 0 aliphatic rings. The van der Waals surface area contributed by atoms with Crippen molar-refractivity contribution in [2.45, 2.75) is 27.2 Å². The second-order valence-electron chi connectivity index (χ2n) is 4.53. The van der Waals surface area contributed by atoms with E-state index in [0.717, 1.165) is 35.5 Å². The molecule has 0 fully saturated rings. The summed E-state index contributed by atoms with van der Waals surface area (Å²) in [4.78, 5) is 8.88. The number of aryl methyl sites for hydroxylation is 2. The molecule has 0 bridgehead atoms. The van der Waals surface area contributed by atoms with Gasteiger partial charge in [-0.1, -0.05) is 12.1 Å². The molecule has 1 aromatic heterocycles. The average molecular weight is 259 g/mol. The molecule has 0 saturated heterocycles. The van der Waals surface area contributed by atoms with Gasteiger partial charge in [-0.25, -0.2) is 14.4 Å². The van der Waals surface area contributed by atoms with Crippen LogP contribution in [-0.4, -0.2) is 16.5 Å². The summed E-state index contributed by atoms with van der Waals surface area (Å²) >= 11 is 0. The van der Waals surface area contributed by atoms with Crippen LogP contribution in [0.25, 0.3) is 0 Å². The molecule has 100 valence electrons. The fraction of sp³-hybridized carbons (Fsp3) is 0.333. The minimum absolute atomic E-state index is 0.212. The molecule has 0 aliphatic carbocycles. The number of halogens is 1. The summed E-state index contributed by atoms with van der Waals surface area (Å²) in [5.41, 5.74) is 4.10. The number of hydrogen-bond donors (Lipinski definition) is 1. The van der Waals surface area contributed by atoms with Crippen molar-refractivity contribution in [3.8, 4) is 0 Å². The third kappa shape index (κ3) is 3.28. The third-order valence-electron chi connectivity index (χ3n) is 3.05. The Bertz CT molecular complexity index is 541. The predicted octanol–water partition coefficient (Wildman–Crippen LogP) is 3.26. The topological polar surface area (TPSA) is 37.8 Å². The first-order valence-electron chi connectivity index (χ1n) is 6.42. The summed E-state index contributed by atoms with van der Waals surface area (Å²) in [6.07, 6.45) is 0.727. The van der Waals surface area contributed by atoms with Crippen LogP contribution in [0.4, 0.5) is 10.3 Å². The Kier molecular flexibility index (Phi) is 4.10. The first-order valence-corrected chi connectivity index (χ1v) is 6.42. The maximum absolute atomic E-state index is 12.9. The van der Waals surface area contributed by atoms with Crippen LogP contribution in [0.5, 0.6) is 0 Å². The largest absolute Gasteiger partial charge is 0.354 e. The number of benzene rings is 1. The molecule has 4 heteroatoms. The van der Waals surface area contributed by atoms with Gasteiger partial charge in [-0.15, -0.1) is 0 Å². The zero-order chi connectivity index (χ0) is 13.8. The summed E-state index contributed by atoms with van der Waals surface area (Å²) in [5, 5.41) is 3.12. The third-order valence-corrected chi connectivity index (χ3v) is 3.05. The number of anilines is 1. The van der Waals surface area contributed by atoms with Gasteiger partial charge in [0.1, 0.15) is 5.82 Å². The second-order valence-corrected chi connectivity index (χ2v) is 4.53. The lowest BCUT2D eigenvalue weighted by molar-refractivity contribution is 0.627. The predicted molar refractivity (Wildman–Crippen MR) is 74.9 cm³/mol. The zero-order valence-electron chi connectivity index (χ0n) is 11.5. The Labute approximate surface area is 112 Å². The van der Waals surface area contributed by atoms with Crippen molar-refractivity contribution in [3.63, 3.8) is 0 Å². The van der Waals surface area contributed by atoms with E-state index in [4.69, 9.17) is 0 Å². The molecule has 0 spiro atoms. The Balaban J connectivity index is 2.27. The summed E-state index contributed by atoms with van der Waals surface area (Å²) in [7, 11) is 0. The van der Waals surface area contributed by atoms with Gasteiger partial charge in [-0.2, -0.15) is 0 Å². The van der Waals surface area contributed by atoms with E-state index in [1.54, 1.807) is 12.1 Å². The molecule has 0 unspecified atom stereocenters. The van der Waals surface area contributed by atoms with E-state index >= 15 is 0 Å². The summed E-state index contributed by atoms with van der Waals surface area (Å²) in [6.45, 7) is 6.78. The lowest BCUT2D eigenvalue weighted by Gasteiger charge is -2.11. The van der Waals surface area contributed by atoms with E-state index in [1.807, 2.05) is 20.8 Å². The van der Waals surface area contributed by atoms with Crippen molar-refractivity contribution in [1.29, 1.82) is 0 Å². The molecule has 0 aliphatic heterocycles. The van der Waals surface area contributed by atoms with E-state index in [0.29, 0.717) is 5.95 Å². The molecular weight excluding hydrogens is 241 g/mol. The van der Waals surface area contributed by atoms with Gasteiger partial charge in [0.25, 0.3) is 0 Å². The van der Waals surface area contributed by atoms with Gasteiger partial charge in [0.15, 0.2) is 0 Å². The molecule has 1 heterocycles. The minimum Gasteiger partial charge on any atom is -0.354 e. The Morgan fingerprint density at radius 1 is 1.05 bits per heavy atom.